The molecule has 0 spiro atoms. The number of benzene rings is 1. The highest BCUT2D eigenvalue weighted by molar-refractivity contribution is 5.99. The second kappa shape index (κ2) is 6.65. The number of nitrogens with zero attached hydrogens (tertiary/aromatic N) is 1. The fraction of sp³-hybridized carbons (Fsp3) is 0.238. The topological polar surface area (TPSA) is 4.93 Å². The molecule has 0 aliphatic carbocycles. The molecule has 0 saturated heterocycles. The summed E-state index contributed by atoms with van der Waals surface area (Å²) >= 11 is 0. The normalized spacial score (nSPS) is 13.8. The van der Waals surface area contributed by atoms with Gasteiger partial charge in [-0.1, -0.05) is 49.1 Å². The maximum absolute atomic E-state index is 4.05. The molecule has 22 heavy (non-hydrogen) atoms. The van der Waals surface area contributed by atoms with Crippen LogP contribution in [0.3, 0.4) is 0 Å². The van der Waals surface area contributed by atoms with E-state index < -0.39 is 0 Å². The first kappa shape index (κ1) is 16.1. The molecule has 0 unspecified atom stereocenters. The van der Waals surface area contributed by atoms with Crippen molar-refractivity contribution in [2.75, 3.05) is 0 Å². The number of rotatable bonds is 4. The SMILES string of the molecule is C=C/C(=C(C)\C=C/C)c1c(C)n(/C(C)=C/C)c2ccccc12. The number of fused-ring (bicyclic) bond motifs is 1. The molecule has 2 aromatic rings. The van der Waals surface area contributed by atoms with Gasteiger partial charge in [0.1, 0.15) is 0 Å². The van der Waals surface area contributed by atoms with E-state index in [-0.39, 0.29) is 0 Å². The minimum Gasteiger partial charge on any atom is -0.318 e. The molecule has 0 radical (unpaired) electrons. The second-order valence-electron chi connectivity index (χ2n) is 5.54. The van der Waals surface area contributed by atoms with Gasteiger partial charge in [0.05, 0.1) is 5.52 Å². The lowest BCUT2D eigenvalue weighted by atomic mass is 9.97. The molecule has 0 fully saturated rings. The van der Waals surface area contributed by atoms with E-state index in [1.54, 1.807) is 0 Å². The number of para-hydroxylation sites is 1. The van der Waals surface area contributed by atoms with Crippen LogP contribution in [0.4, 0.5) is 0 Å². The zero-order chi connectivity index (χ0) is 16.3. The van der Waals surface area contributed by atoms with Gasteiger partial charge in [-0.2, -0.15) is 0 Å². The van der Waals surface area contributed by atoms with Crippen LogP contribution in [0.2, 0.25) is 0 Å². The van der Waals surface area contributed by atoms with E-state index in [1.165, 1.54) is 39.0 Å². The van der Waals surface area contributed by atoms with E-state index in [9.17, 15) is 0 Å². The molecule has 0 aliphatic rings. The van der Waals surface area contributed by atoms with Crippen molar-refractivity contribution in [3.8, 4) is 0 Å². The van der Waals surface area contributed by atoms with E-state index in [2.05, 4.69) is 81.3 Å². The van der Waals surface area contributed by atoms with Gasteiger partial charge >= 0.3 is 0 Å². The summed E-state index contributed by atoms with van der Waals surface area (Å²) in [4.78, 5) is 0. The average Bonchev–Trinajstić information content (AvgIpc) is 2.81. The highest BCUT2D eigenvalue weighted by Crippen LogP contribution is 2.35. The summed E-state index contributed by atoms with van der Waals surface area (Å²) in [5.41, 5.74) is 7.47. The molecule has 0 bridgehead atoms. The van der Waals surface area contributed by atoms with Crippen LogP contribution in [0.25, 0.3) is 22.2 Å². The molecule has 0 saturated carbocycles. The molecular weight excluding hydrogens is 266 g/mol. The van der Waals surface area contributed by atoms with E-state index in [0.717, 1.165) is 0 Å². The number of allylic oxidation sites excluding steroid dienone is 7. The number of hydrogen-bond donors (Lipinski definition) is 0. The highest BCUT2D eigenvalue weighted by Gasteiger charge is 2.17. The van der Waals surface area contributed by atoms with E-state index in [1.807, 2.05) is 13.0 Å². The van der Waals surface area contributed by atoms with Crippen molar-refractivity contribution >= 4 is 22.2 Å². The summed E-state index contributed by atoms with van der Waals surface area (Å²) in [6.45, 7) is 14.7. The fourth-order valence-corrected chi connectivity index (χ4v) is 3.09. The first-order valence-electron chi connectivity index (χ1n) is 7.76. The van der Waals surface area contributed by atoms with Crippen molar-refractivity contribution in [3.63, 3.8) is 0 Å². The third-order valence-electron chi connectivity index (χ3n) is 4.20. The number of hydrogen-bond acceptors (Lipinski definition) is 0. The average molecular weight is 291 g/mol. The molecule has 1 heterocycles. The Labute approximate surface area is 134 Å². The lowest BCUT2D eigenvalue weighted by Gasteiger charge is -2.10. The van der Waals surface area contributed by atoms with Crippen molar-refractivity contribution in [1.29, 1.82) is 0 Å². The summed E-state index contributed by atoms with van der Waals surface area (Å²) < 4.78 is 2.33. The third kappa shape index (κ3) is 2.59. The maximum Gasteiger partial charge on any atom is 0.0534 e. The lowest BCUT2D eigenvalue weighted by Crippen LogP contribution is -1.97. The molecule has 0 atom stereocenters. The highest BCUT2D eigenvalue weighted by atomic mass is 15.0. The molecule has 2 rings (SSSR count). The van der Waals surface area contributed by atoms with Crippen LogP contribution in [0, 0.1) is 6.92 Å². The van der Waals surface area contributed by atoms with Gasteiger partial charge in [-0.3, -0.25) is 0 Å². The quantitative estimate of drug-likeness (QED) is 0.577. The monoisotopic (exact) mass is 291 g/mol. The van der Waals surface area contributed by atoms with Crippen molar-refractivity contribution in [2.24, 2.45) is 0 Å². The Balaban J connectivity index is 2.94. The van der Waals surface area contributed by atoms with E-state index in [0.29, 0.717) is 0 Å². The van der Waals surface area contributed by atoms with Crippen molar-refractivity contribution in [2.45, 2.75) is 34.6 Å². The van der Waals surface area contributed by atoms with Gasteiger partial charge in [0, 0.05) is 22.3 Å². The van der Waals surface area contributed by atoms with Gasteiger partial charge in [-0.25, -0.2) is 0 Å². The molecule has 1 aromatic heterocycles. The summed E-state index contributed by atoms with van der Waals surface area (Å²) in [6.07, 6.45) is 8.34. The summed E-state index contributed by atoms with van der Waals surface area (Å²) in [5.74, 6) is 0. The van der Waals surface area contributed by atoms with Gasteiger partial charge in [0.25, 0.3) is 0 Å². The molecule has 114 valence electrons. The van der Waals surface area contributed by atoms with Crippen LogP contribution in [-0.4, -0.2) is 4.57 Å². The van der Waals surface area contributed by atoms with Crippen LogP contribution in [0.5, 0.6) is 0 Å². The van der Waals surface area contributed by atoms with Gasteiger partial charge in [-0.15, -0.1) is 0 Å². The molecule has 1 aromatic carbocycles. The Bertz CT molecular complexity index is 795. The molecule has 0 amide bonds. The summed E-state index contributed by atoms with van der Waals surface area (Å²) in [7, 11) is 0. The zero-order valence-corrected chi connectivity index (χ0v) is 14.3. The van der Waals surface area contributed by atoms with E-state index in [4.69, 9.17) is 0 Å². The first-order chi connectivity index (χ1) is 10.6. The van der Waals surface area contributed by atoms with Crippen LogP contribution in [0.15, 0.2) is 60.7 Å². The predicted molar refractivity (Wildman–Crippen MR) is 99.9 cm³/mol. The zero-order valence-electron chi connectivity index (χ0n) is 14.3. The summed E-state index contributed by atoms with van der Waals surface area (Å²) in [5, 5.41) is 1.28. The Hall–Kier alpha value is -2.28. The lowest BCUT2D eigenvalue weighted by molar-refractivity contribution is 1.06. The van der Waals surface area contributed by atoms with E-state index >= 15 is 0 Å². The Kier molecular flexibility index (Phi) is 4.87. The van der Waals surface area contributed by atoms with Crippen molar-refractivity contribution in [3.05, 3.63) is 72.0 Å². The molecule has 0 aliphatic heterocycles. The predicted octanol–water partition coefficient (Wildman–Crippen LogP) is 6.37. The van der Waals surface area contributed by atoms with Crippen LogP contribution in [0.1, 0.15) is 39.0 Å². The van der Waals surface area contributed by atoms with Gasteiger partial charge in [0.2, 0.25) is 0 Å². The maximum atomic E-state index is 4.05. The Morgan fingerprint density at radius 2 is 1.82 bits per heavy atom. The third-order valence-corrected chi connectivity index (χ3v) is 4.20. The largest absolute Gasteiger partial charge is 0.318 e. The van der Waals surface area contributed by atoms with Crippen LogP contribution in [-0.2, 0) is 0 Å². The van der Waals surface area contributed by atoms with Gasteiger partial charge in [-0.05, 0) is 51.8 Å². The van der Waals surface area contributed by atoms with Crippen molar-refractivity contribution in [1.82, 2.24) is 4.57 Å². The number of aromatic nitrogens is 1. The van der Waals surface area contributed by atoms with Gasteiger partial charge < -0.3 is 4.57 Å². The molecule has 1 nitrogen and oxygen atoms in total. The first-order valence-corrected chi connectivity index (χ1v) is 7.76. The second-order valence-corrected chi connectivity index (χ2v) is 5.54. The van der Waals surface area contributed by atoms with Gasteiger partial charge in [0.15, 0.2) is 0 Å². The fourth-order valence-electron chi connectivity index (χ4n) is 3.09. The minimum absolute atomic E-state index is 1.20. The van der Waals surface area contributed by atoms with Crippen molar-refractivity contribution < 1.29 is 0 Å². The molecular formula is C21H25N. The molecule has 1 heteroatoms. The Morgan fingerprint density at radius 1 is 1.14 bits per heavy atom. The van der Waals surface area contributed by atoms with Crippen LogP contribution < -0.4 is 0 Å². The molecule has 0 N–H and O–H groups in total. The summed E-state index contributed by atoms with van der Waals surface area (Å²) in [6, 6.07) is 8.58. The minimum atomic E-state index is 1.20. The van der Waals surface area contributed by atoms with Crippen LogP contribution >= 0.6 is 0 Å². The standard InChI is InChI=1S/C21H25N/c1-7-12-15(4)18(9-3)21-17(6)22(16(5)8-2)20-14-11-10-13-19(20)21/h7-14H,3H2,1-2,4-6H3/b12-7-,16-8+,18-15+. The smallest absolute Gasteiger partial charge is 0.0534 e. The Morgan fingerprint density at radius 3 is 2.41 bits per heavy atom.